The number of thioether (sulfide) groups is 1. The van der Waals surface area contributed by atoms with Crippen molar-refractivity contribution in [1.29, 1.82) is 0 Å². The van der Waals surface area contributed by atoms with Crippen molar-refractivity contribution < 1.29 is 4.79 Å². The highest BCUT2D eigenvalue weighted by atomic mass is 32.2. The standard InChI is InChI=1S/C14H17NOS/c1-9-4-5-15-8-13(9)14(16)10-6-11-2-3-12(7-10)17-11/h4-5,8,10-12H,2-3,6-7H2,1H3. The van der Waals surface area contributed by atoms with E-state index in [-0.39, 0.29) is 5.92 Å². The predicted octanol–water partition coefficient (Wildman–Crippen LogP) is 3.25. The molecule has 2 aliphatic heterocycles. The molecule has 2 nitrogen and oxygen atoms in total. The Balaban J connectivity index is 1.81. The number of fused-ring (bicyclic) bond motifs is 2. The maximum atomic E-state index is 12.5. The van der Waals surface area contributed by atoms with Crippen molar-refractivity contribution in [1.82, 2.24) is 4.98 Å². The van der Waals surface area contributed by atoms with Gasteiger partial charge in [0.25, 0.3) is 0 Å². The quantitative estimate of drug-likeness (QED) is 0.751. The number of Topliss-reactive ketones (excluding diaryl/α,β-unsaturated/α-hetero) is 1. The zero-order chi connectivity index (χ0) is 11.8. The average Bonchev–Trinajstić information content (AvgIpc) is 2.68. The Labute approximate surface area is 106 Å². The van der Waals surface area contributed by atoms with Gasteiger partial charge in [0.05, 0.1) is 0 Å². The first-order valence-electron chi connectivity index (χ1n) is 6.34. The molecular formula is C14H17NOS. The molecule has 0 spiro atoms. The molecule has 1 aromatic rings. The number of nitrogens with zero attached hydrogens (tertiary/aromatic N) is 1. The summed E-state index contributed by atoms with van der Waals surface area (Å²) in [6.45, 7) is 2.00. The van der Waals surface area contributed by atoms with Crippen LogP contribution in [-0.4, -0.2) is 21.3 Å². The van der Waals surface area contributed by atoms with E-state index >= 15 is 0 Å². The fraction of sp³-hybridized carbons (Fsp3) is 0.571. The summed E-state index contributed by atoms with van der Waals surface area (Å²) in [4.78, 5) is 16.6. The van der Waals surface area contributed by atoms with Gasteiger partial charge in [-0.15, -0.1) is 0 Å². The van der Waals surface area contributed by atoms with Crippen LogP contribution in [0.4, 0.5) is 0 Å². The maximum absolute atomic E-state index is 12.5. The second-order valence-corrected chi connectivity index (χ2v) is 6.79. The van der Waals surface area contributed by atoms with Crippen LogP contribution in [0.1, 0.15) is 41.6 Å². The number of pyridine rings is 1. The Kier molecular flexibility index (Phi) is 2.95. The van der Waals surface area contributed by atoms with E-state index in [0.717, 1.165) is 34.5 Å². The molecule has 0 radical (unpaired) electrons. The van der Waals surface area contributed by atoms with Gasteiger partial charge < -0.3 is 0 Å². The summed E-state index contributed by atoms with van der Waals surface area (Å²) in [5.74, 6) is 0.574. The molecular weight excluding hydrogens is 230 g/mol. The molecule has 3 rings (SSSR count). The molecule has 2 fully saturated rings. The summed E-state index contributed by atoms with van der Waals surface area (Å²) < 4.78 is 0. The molecule has 0 N–H and O–H groups in total. The van der Waals surface area contributed by atoms with E-state index in [2.05, 4.69) is 16.7 Å². The minimum atomic E-state index is 0.247. The SMILES string of the molecule is Cc1ccncc1C(=O)C1CC2CCC(C1)S2. The van der Waals surface area contributed by atoms with Crippen LogP contribution in [0.3, 0.4) is 0 Å². The molecule has 2 saturated heterocycles. The number of carbonyl (C=O) groups excluding carboxylic acids is 1. The van der Waals surface area contributed by atoms with Crippen molar-refractivity contribution in [2.75, 3.05) is 0 Å². The van der Waals surface area contributed by atoms with E-state index in [1.165, 1.54) is 12.8 Å². The van der Waals surface area contributed by atoms with Gasteiger partial charge in [-0.25, -0.2) is 0 Å². The number of rotatable bonds is 2. The van der Waals surface area contributed by atoms with Crippen LogP contribution in [0.5, 0.6) is 0 Å². The van der Waals surface area contributed by atoms with Crippen LogP contribution >= 0.6 is 11.8 Å². The molecule has 3 heteroatoms. The zero-order valence-corrected chi connectivity index (χ0v) is 10.9. The third-order valence-electron chi connectivity index (χ3n) is 3.97. The van der Waals surface area contributed by atoms with E-state index in [0.29, 0.717) is 5.78 Å². The Morgan fingerprint density at radius 3 is 2.71 bits per heavy atom. The molecule has 3 heterocycles. The van der Waals surface area contributed by atoms with E-state index < -0.39 is 0 Å². The molecule has 2 atom stereocenters. The van der Waals surface area contributed by atoms with Crippen molar-refractivity contribution in [3.8, 4) is 0 Å². The molecule has 2 aliphatic rings. The lowest BCUT2D eigenvalue weighted by molar-refractivity contribution is 0.0906. The van der Waals surface area contributed by atoms with E-state index in [9.17, 15) is 4.79 Å². The highest BCUT2D eigenvalue weighted by molar-refractivity contribution is 8.00. The van der Waals surface area contributed by atoms with Crippen LogP contribution in [0.25, 0.3) is 0 Å². The molecule has 0 amide bonds. The summed E-state index contributed by atoms with van der Waals surface area (Å²) in [7, 11) is 0. The number of ketones is 1. The molecule has 90 valence electrons. The van der Waals surface area contributed by atoms with Gasteiger partial charge in [0.2, 0.25) is 0 Å². The summed E-state index contributed by atoms with van der Waals surface area (Å²) in [5, 5.41) is 1.47. The first-order valence-corrected chi connectivity index (χ1v) is 7.28. The van der Waals surface area contributed by atoms with Gasteiger partial charge in [-0.1, -0.05) is 0 Å². The first-order chi connectivity index (χ1) is 8.24. The van der Waals surface area contributed by atoms with Crippen molar-refractivity contribution in [3.05, 3.63) is 29.6 Å². The van der Waals surface area contributed by atoms with Crippen molar-refractivity contribution in [2.24, 2.45) is 5.92 Å². The number of carbonyl (C=O) groups is 1. The number of hydrogen-bond donors (Lipinski definition) is 0. The van der Waals surface area contributed by atoms with Crippen LogP contribution in [-0.2, 0) is 0 Å². The fourth-order valence-corrected chi connectivity index (χ4v) is 4.79. The second-order valence-electron chi connectivity index (χ2n) is 5.18. The van der Waals surface area contributed by atoms with Gasteiger partial charge in [0, 0.05) is 34.4 Å². The highest BCUT2D eigenvalue weighted by Gasteiger charge is 2.38. The summed E-state index contributed by atoms with van der Waals surface area (Å²) >= 11 is 2.11. The first kappa shape index (κ1) is 11.3. The average molecular weight is 247 g/mol. The Morgan fingerprint density at radius 2 is 2.06 bits per heavy atom. The second kappa shape index (κ2) is 4.45. The van der Waals surface area contributed by atoms with Crippen molar-refractivity contribution >= 4 is 17.5 Å². The predicted molar refractivity (Wildman–Crippen MR) is 70.4 cm³/mol. The lowest BCUT2D eigenvalue weighted by Crippen LogP contribution is -2.25. The Bertz CT molecular complexity index is 434. The molecule has 2 bridgehead atoms. The van der Waals surface area contributed by atoms with E-state index in [1.54, 1.807) is 12.4 Å². The maximum Gasteiger partial charge on any atom is 0.167 e. The molecule has 1 aromatic heterocycles. The monoisotopic (exact) mass is 247 g/mol. The normalized spacial score (nSPS) is 31.5. The van der Waals surface area contributed by atoms with Crippen LogP contribution < -0.4 is 0 Å². The fourth-order valence-electron chi connectivity index (χ4n) is 3.01. The van der Waals surface area contributed by atoms with Gasteiger partial charge >= 0.3 is 0 Å². The molecule has 17 heavy (non-hydrogen) atoms. The molecule has 2 unspecified atom stereocenters. The zero-order valence-electron chi connectivity index (χ0n) is 10.1. The third kappa shape index (κ3) is 2.13. The largest absolute Gasteiger partial charge is 0.294 e. The topological polar surface area (TPSA) is 30.0 Å². The molecule has 0 aliphatic carbocycles. The number of aromatic nitrogens is 1. The van der Waals surface area contributed by atoms with Crippen molar-refractivity contribution in [2.45, 2.75) is 43.1 Å². The summed E-state index contributed by atoms with van der Waals surface area (Å²) in [6, 6.07) is 1.93. The van der Waals surface area contributed by atoms with E-state index in [1.807, 2.05) is 13.0 Å². The Morgan fingerprint density at radius 1 is 1.35 bits per heavy atom. The van der Waals surface area contributed by atoms with Gasteiger partial charge in [-0.2, -0.15) is 11.8 Å². The van der Waals surface area contributed by atoms with Gasteiger partial charge in [-0.05, 0) is 44.2 Å². The van der Waals surface area contributed by atoms with Crippen LogP contribution in [0.15, 0.2) is 18.5 Å². The molecule has 0 saturated carbocycles. The lowest BCUT2D eigenvalue weighted by atomic mass is 9.89. The lowest BCUT2D eigenvalue weighted by Gasteiger charge is -2.26. The smallest absolute Gasteiger partial charge is 0.167 e. The number of hydrogen-bond acceptors (Lipinski definition) is 3. The minimum Gasteiger partial charge on any atom is -0.294 e. The third-order valence-corrected chi connectivity index (χ3v) is 5.59. The number of aryl methyl sites for hydroxylation is 1. The van der Waals surface area contributed by atoms with Crippen molar-refractivity contribution in [3.63, 3.8) is 0 Å². The Hall–Kier alpha value is -0.830. The van der Waals surface area contributed by atoms with Gasteiger partial charge in [-0.3, -0.25) is 9.78 Å². The summed E-state index contributed by atoms with van der Waals surface area (Å²) in [6.07, 6.45) is 8.27. The van der Waals surface area contributed by atoms with Gasteiger partial charge in [0.1, 0.15) is 0 Å². The molecule has 0 aromatic carbocycles. The summed E-state index contributed by atoms with van der Waals surface area (Å²) in [5.41, 5.74) is 1.90. The van der Waals surface area contributed by atoms with Crippen LogP contribution in [0.2, 0.25) is 0 Å². The van der Waals surface area contributed by atoms with E-state index in [4.69, 9.17) is 0 Å². The van der Waals surface area contributed by atoms with Gasteiger partial charge in [0.15, 0.2) is 5.78 Å². The minimum absolute atomic E-state index is 0.247. The van der Waals surface area contributed by atoms with Crippen LogP contribution in [0, 0.1) is 12.8 Å². The highest BCUT2D eigenvalue weighted by Crippen LogP contribution is 2.46.